The van der Waals surface area contributed by atoms with E-state index in [9.17, 15) is 0 Å². The largest absolute Gasteiger partial charge is 0.148 e. The Morgan fingerprint density at radius 3 is 3.08 bits per heavy atom. The SMILES string of the molecule is CC(C)[C@H]1CCCc2ccsc21. The van der Waals surface area contributed by atoms with Crippen molar-refractivity contribution in [3.63, 3.8) is 0 Å². The molecule has 1 aromatic heterocycles. The van der Waals surface area contributed by atoms with Gasteiger partial charge in [0.05, 0.1) is 0 Å². The molecule has 1 aliphatic rings. The molecule has 1 aliphatic carbocycles. The van der Waals surface area contributed by atoms with Gasteiger partial charge in [0.25, 0.3) is 0 Å². The molecule has 0 N–H and O–H groups in total. The highest BCUT2D eigenvalue weighted by atomic mass is 32.1. The average Bonchev–Trinajstić information content (AvgIpc) is 2.49. The van der Waals surface area contributed by atoms with Gasteiger partial charge in [-0.1, -0.05) is 13.8 Å². The maximum absolute atomic E-state index is 2.35. The van der Waals surface area contributed by atoms with Crippen molar-refractivity contribution < 1.29 is 0 Å². The number of hydrogen-bond donors (Lipinski definition) is 0. The minimum absolute atomic E-state index is 0.822. The van der Waals surface area contributed by atoms with Gasteiger partial charge in [-0.25, -0.2) is 0 Å². The summed E-state index contributed by atoms with van der Waals surface area (Å²) in [6.07, 6.45) is 4.12. The van der Waals surface area contributed by atoms with Crippen LogP contribution in [0.5, 0.6) is 0 Å². The molecule has 0 radical (unpaired) electrons. The molecule has 0 aliphatic heterocycles. The van der Waals surface area contributed by atoms with Crippen LogP contribution < -0.4 is 0 Å². The van der Waals surface area contributed by atoms with E-state index >= 15 is 0 Å². The lowest BCUT2D eigenvalue weighted by Gasteiger charge is -2.25. The second-order valence-corrected chi connectivity index (χ2v) is 5.00. The normalized spacial score (nSPS) is 22.8. The fraction of sp³-hybridized carbons (Fsp3) is 0.636. The summed E-state index contributed by atoms with van der Waals surface area (Å²) in [5, 5.41) is 2.26. The lowest BCUT2D eigenvalue weighted by molar-refractivity contribution is 0.441. The van der Waals surface area contributed by atoms with Gasteiger partial charge in [0.2, 0.25) is 0 Å². The highest BCUT2D eigenvalue weighted by Crippen LogP contribution is 2.39. The third-order valence-electron chi connectivity index (χ3n) is 2.88. The lowest BCUT2D eigenvalue weighted by atomic mass is 9.82. The predicted molar refractivity (Wildman–Crippen MR) is 54.8 cm³/mol. The second kappa shape index (κ2) is 3.21. The molecule has 0 saturated heterocycles. The Hall–Kier alpha value is -0.300. The van der Waals surface area contributed by atoms with Crippen LogP contribution in [0, 0.1) is 5.92 Å². The zero-order valence-electron chi connectivity index (χ0n) is 7.84. The highest BCUT2D eigenvalue weighted by molar-refractivity contribution is 7.10. The van der Waals surface area contributed by atoms with Crippen LogP contribution in [0.4, 0.5) is 0 Å². The zero-order chi connectivity index (χ0) is 8.55. The van der Waals surface area contributed by atoms with E-state index in [1.807, 2.05) is 11.3 Å². The monoisotopic (exact) mass is 180 g/mol. The van der Waals surface area contributed by atoms with Crippen molar-refractivity contribution in [1.29, 1.82) is 0 Å². The summed E-state index contributed by atoms with van der Waals surface area (Å²) < 4.78 is 0. The molecule has 0 unspecified atom stereocenters. The Balaban J connectivity index is 2.31. The quantitative estimate of drug-likeness (QED) is 0.616. The standard InChI is InChI=1S/C11H16S/c1-8(2)10-5-3-4-9-6-7-12-11(9)10/h6-8,10H,3-5H2,1-2H3/t10-/m1/s1. The van der Waals surface area contributed by atoms with E-state index in [2.05, 4.69) is 25.3 Å². The topological polar surface area (TPSA) is 0 Å². The molecule has 1 aromatic rings. The molecule has 1 heteroatoms. The van der Waals surface area contributed by atoms with Gasteiger partial charge >= 0.3 is 0 Å². The van der Waals surface area contributed by atoms with Crippen LogP contribution in [-0.2, 0) is 6.42 Å². The first-order chi connectivity index (χ1) is 5.79. The molecule has 2 rings (SSSR count). The van der Waals surface area contributed by atoms with E-state index < -0.39 is 0 Å². The summed E-state index contributed by atoms with van der Waals surface area (Å²) in [4.78, 5) is 1.68. The van der Waals surface area contributed by atoms with E-state index in [-0.39, 0.29) is 0 Å². The van der Waals surface area contributed by atoms with Crippen LogP contribution in [0.15, 0.2) is 11.4 Å². The summed E-state index contributed by atoms with van der Waals surface area (Å²) in [5.74, 6) is 1.68. The summed E-state index contributed by atoms with van der Waals surface area (Å²) in [5.41, 5.74) is 1.63. The lowest BCUT2D eigenvalue weighted by Crippen LogP contribution is -2.11. The first kappa shape index (κ1) is 8.31. The van der Waals surface area contributed by atoms with Crippen molar-refractivity contribution in [2.24, 2.45) is 5.92 Å². The fourth-order valence-corrected chi connectivity index (χ4v) is 3.42. The van der Waals surface area contributed by atoms with Crippen LogP contribution >= 0.6 is 11.3 Å². The molecule has 0 spiro atoms. The van der Waals surface area contributed by atoms with Crippen molar-refractivity contribution in [1.82, 2.24) is 0 Å². The Bertz CT molecular complexity index is 260. The molecule has 1 atom stereocenters. The van der Waals surface area contributed by atoms with Crippen LogP contribution in [-0.4, -0.2) is 0 Å². The molecule has 0 fully saturated rings. The van der Waals surface area contributed by atoms with Crippen molar-refractivity contribution in [3.8, 4) is 0 Å². The molecular formula is C11H16S. The van der Waals surface area contributed by atoms with Gasteiger partial charge in [0.1, 0.15) is 0 Å². The molecule has 12 heavy (non-hydrogen) atoms. The molecule has 1 heterocycles. The molecule has 0 aromatic carbocycles. The first-order valence-corrected chi connectivity index (χ1v) is 5.73. The maximum Gasteiger partial charge on any atom is 0.0111 e. The summed E-state index contributed by atoms with van der Waals surface area (Å²) in [7, 11) is 0. The minimum Gasteiger partial charge on any atom is -0.148 e. The highest BCUT2D eigenvalue weighted by Gasteiger charge is 2.23. The summed E-state index contributed by atoms with van der Waals surface area (Å²) >= 11 is 1.96. The number of rotatable bonds is 1. The molecule has 0 bridgehead atoms. The van der Waals surface area contributed by atoms with Crippen molar-refractivity contribution in [2.75, 3.05) is 0 Å². The van der Waals surface area contributed by atoms with Crippen LogP contribution in [0.1, 0.15) is 43.0 Å². The fourth-order valence-electron chi connectivity index (χ4n) is 2.16. The van der Waals surface area contributed by atoms with E-state index in [1.165, 1.54) is 19.3 Å². The zero-order valence-corrected chi connectivity index (χ0v) is 8.66. The van der Waals surface area contributed by atoms with Crippen LogP contribution in [0.2, 0.25) is 0 Å². The minimum atomic E-state index is 0.822. The van der Waals surface area contributed by atoms with Crippen molar-refractivity contribution in [3.05, 3.63) is 21.9 Å². The third-order valence-corrected chi connectivity index (χ3v) is 3.97. The Morgan fingerprint density at radius 1 is 1.50 bits per heavy atom. The number of fused-ring (bicyclic) bond motifs is 1. The number of hydrogen-bond acceptors (Lipinski definition) is 1. The van der Waals surface area contributed by atoms with E-state index in [1.54, 1.807) is 10.4 Å². The predicted octanol–water partition coefficient (Wildman–Crippen LogP) is 3.82. The van der Waals surface area contributed by atoms with E-state index in [0.717, 1.165) is 11.8 Å². The van der Waals surface area contributed by atoms with Gasteiger partial charge in [-0.3, -0.25) is 0 Å². The number of thiophene rings is 1. The molecule has 0 nitrogen and oxygen atoms in total. The van der Waals surface area contributed by atoms with Gasteiger partial charge in [0.15, 0.2) is 0 Å². The van der Waals surface area contributed by atoms with Gasteiger partial charge < -0.3 is 0 Å². The second-order valence-electron chi connectivity index (χ2n) is 4.05. The third kappa shape index (κ3) is 1.31. The molecule has 0 amide bonds. The Morgan fingerprint density at radius 2 is 2.33 bits per heavy atom. The smallest absolute Gasteiger partial charge is 0.0111 e. The number of aryl methyl sites for hydroxylation is 1. The molecular weight excluding hydrogens is 164 g/mol. The molecule has 0 saturated carbocycles. The van der Waals surface area contributed by atoms with Crippen molar-refractivity contribution >= 4 is 11.3 Å². The summed E-state index contributed by atoms with van der Waals surface area (Å²) in [6, 6.07) is 2.31. The average molecular weight is 180 g/mol. The summed E-state index contributed by atoms with van der Waals surface area (Å²) in [6.45, 7) is 4.69. The van der Waals surface area contributed by atoms with Crippen LogP contribution in [0.25, 0.3) is 0 Å². The van der Waals surface area contributed by atoms with E-state index in [4.69, 9.17) is 0 Å². The van der Waals surface area contributed by atoms with E-state index in [0.29, 0.717) is 0 Å². The van der Waals surface area contributed by atoms with Gasteiger partial charge in [-0.15, -0.1) is 11.3 Å². The van der Waals surface area contributed by atoms with Gasteiger partial charge in [-0.2, -0.15) is 0 Å². The van der Waals surface area contributed by atoms with Crippen LogP contribution in [0.3, 0.4) is 0 Å². The first-order valence-electron chi connectivity index (χ1n) is 4.85. The molecule has 66 valence electrons. The van der Waals surface area contributed by atoms with Gasteiger partial charge in [-0.05, 0) is 48.1 Å². The van der Waals surface area contributed by atoms with Crippen molar-refractivity contribution in [2.45, 2.75) is 39.0 Å². The maximum atomic E-state index is 2.35. The Kier molecular flexibility index (Phi) is 2.22. The Labute approximate surface area is 78.6 Å². The van der Waals surface area contributed by atoms with Gasteiger partial charge in [0, 0.05) is 4.88 Å².